The van der Waals surface area contributed by atoms with Crippen LogP contribution in [0.15, 0.2) is 34.8 Å². The first-order valence-corrected chi connectivity index (χ1v) is 9.11. The van der Waals surface area contributed by atoms with E-state index < -0.39 is 0 Å². The average Bonchev–Trinajstić information content (AvgIpc) is 3.25. The molecule has 8 nitrogen and oxygen atoms in total. The van der Waals surface area contributed by atoms with Crippen LogP contribution in [-0.4, -0.2) is 56.0 Å². The first kappa shape index (κ1) is 32.7. The summed E-state index contributed by atoms with van der Waals surface area (Å²) in [5.74, 6) is 2.18. The molecule has 0 atom stereocenters. The van der Waals surface area contributed by atoms with Crippen LogP contribution >= 0.6 is 0 Å². The largest absolute Gasteiger partial charge is 1.00 e. The molecule has 0 bridgehead atoms. The maximum atomic E-state index is 10.8. The number of H-pyrrole nitrogens is 2. The summed E-state index contributed by atoms with van der Waals surface area (Å²) in [7, 11) is 0. The number of ketones is 2. The van der Waals surface area contributed by atoms with E-state index in [2.05, 4.69) is 29.9 Å². The minimum absolute atomic E-state index is 0. The number of nitrogens with zero attached hydrogens (tertiary/aromatic N) is 4. The van der Waals surface area contributed by atoms with Crippen LogP contribution in [0.1, 0.15) is 52.2 Å². The number of hydrogen-bond donors (Lipinski definition) is 2. The number of aromatic nitrogens is 4. The van der Waals surface area contributed by atoms with Gasteiger partial charge in [0.1, 0.15) is 23.2 Å². The van der Waals surface area contributed by atoms with Crippen molar-refractivity contribution in [3.05, 3.63) is 36.4 Å². The van der Waals surface area contributed by atoms with Crippen molar-refractivity contribution in [2.75, 3.05) is 13.1 Å². The topological polar surface area (TPSA) is 116 Å². The second-order valence-electron chi connectivity index (χ2n) is 6.34. The molecule has 0 aliphatic carbocycles. The van der Waals surface area contributed by atoms with Crippen LogP contribution in [0.25, 0.3) is 0 Å². The van der Waals surface area contributed by atoms with Crippen LogP contribution in [0.2, 0.25) is 0 Å². The Labute approximate surface area is 199 Å². The Bertz CT molecular complexity index is 679. The number of aliphatic imine (C=N–C) groups is 2. The van der Waals surface area contributed by atoms with Gasteiger partial charge in [0, 0.05) is 65.8 Å². The summed E-state index contributed by atoms with van der Waals surface area (Å²) < 4.78 is 0. The van der Waals surface area contributed by atoms with Gasteiger partial charge in [0.2, 0.25) is 0 Å². The number of carbonyl (C=O) groups is 2. The second-order valence-corrected chi connectivity index (χ2v) is 6.34. The van der Waals surface area contributed by atoms with Gasteiger partial charge in [0.15, 0.2) is 0 Å². The van der Waals surface area contributed by atoms with Gasteiger partial charge in [-0.25, -0.2) is 9.97 Å². The molecular weight excluding hydrogens is 495 g/mol. The van der Waals surface area contributed by atoms with E-state index in [1.165, 1.54) is 0 Å². The maximum absolute atomic E-state index is 10.8. The van der Waals surface area contributed by atoms with E-state index in [-0.39, 0.29) is 45.3 Å². The standard InChI is InChI=1S/C12H20N2O2.2C4H6N2.BrH.Co/c1-9(7-11(3)15)13-5-6-14-10(2)8-12(4)16;2*1-4-5-2-3-6-4;;/h5-8H2,1-4H3;2*2-3H,1H3,(H,5,6);1H;/p-1. The Morgan fingerprint density at radius 1 is 0.800 bits per heavy atom. The fourth-order valence-electron chi connectivity index (χ4n) is 2.00. The van der Waals surface area contributed by atoms with Gasteiger partial charge >= 0.3 is 0 Å². The van der Waals surface area contributed by atoms with E-state index in [4.69, 9.17) is 0 Å². The predicted octanol–water partition coefficient (Wildman–Crippen LogP) is 0.304. The number of imidazole rings is 2. The van der Waals surface area contributed by atoms with Gasteiger partial charge in [-0.1, -0.05) is 0 Å². The number of hydrogen-bond acceptors (Lipinski definition) is 6. The smallest absolute Gasteiger partial charge is 0.135 e. The Kier molecular flexibility index (Phi) is 22.2. The normalized spacial score (nSPS) is 10.3. The number of halogens is 1. The zero-order valence-corrected chi connectivity index (χ0v) is 21.1. The van der Waals surface area contributed by atoms with Crippen molar-refractivity contribution in [3.8, 4) is 0 Å². The number of aryl methyl sites for hydroxylation is 2. The van der Waals surface area contributed by atoms with E-state index in [9.17, 15) is 9.59 Å². The summed E-state index contributed by atoms with van der Waals surface area (Å²) in [5.41, 5.74) is 1.68. The molecule has 2 aromatic heterocycles. The molecule has 171 valence electrons. The fraction of sp³-hybridized carbons (Fsp3) is 0.500. The van der Waals surface area contributed by atoms with Gasteiger partial charge in [0.25, 0.3) is 0 Å². The molecule has 2 heterocycles. The van der Waals surface area contributed by atoms with Crippen LogP contribution in [0.5, 0.6) is 0 Å². The monoisotopic (exact) mass is 526 g/mol. The molecule has 0 aromatic carbocycles. The van der Waals surface area contributed by atoms with Gasteiger partial charge in [-0.3, -0.25) is 19.6 Å². The number of nitrogens with one attached hydrogen (secondary N) is 2. The first-order chi connectivity index (χ1) is 13.2. The summed E-state index contributed by atoms with van der Waals surface area (Å²) >= 11 is 0. The number of carbonyl (C=O) groups excluding carboxylic acids is 2. The van der Waals surface area contributed by atoms with Crippen molar-refractivity contribution in [2.45, 2.75) is 54.4 Å². The predicted molar refractivity (Wildman–Crippen MR) is 113 cm³/mol. The molecule has 0 unspecified atom stereocenters. The number of aromatic amines is 2. The van der Waals surface area contributed by atoms with Gasteiger partial charge < -0.3 is 26.9 Å². The summed E-state index contributed by atoms with van der Waals surface area (Å²) in [4.78, 5) is 43.5. The third-order valence-electron chi connectivity index (χ3n) is 3.14. The maximum Gasteiger partial charge on any atom is 0.135 e. The second kappa shape index (κ2) is 20.4. The van der Waals surface area contributed by atoms with E-state index in [0.29, 0.717) is 25.9 Å². The quantitative estimate of drug-likeness (QED) is 0.398. The Hall–Kier alpha value is -1.91. The molecule has 2 aromatic rings. The molecule has 0 aliphatic heterocycles. The molecule has 2 rings (SSSR count). The van der Waals surface area contributed by atoms with Crippen molar-refractivity contribution < 1.29 is 43.3 Å². The summed E-state index contributed by atoms with van der Waals surface area (Å²) in [6.45, 7) is 11.8. The van der Waals surface area contributed by atoms with Crippen molar-refractivity contribution >= 4 is 23.0 Å². The van der Waals surface area contributed by atoms with Gasteiger partial charge in [-0.2, -0.15) is 0 Å². The molecule has 0 spiro atoms. The van der Waals surface area contributed by atoms with Gasteiger partial charge in [-0.15, -0.1) is 0 Å². The Balaban J connectivity index is -0.000000424. The molecule has 1 radical (unpaired) electrons. The van der Waals surface area contributed by atoms with Crippen molar-refractivity contribution in [1.29, 1.82) is 0 Å². The molecule has 2 N–H and O–H groups in total. The summed E-state index contributed by atoms with van der Waals surface area (Å²) in [6.07, 6.45) is 7.89. The molecule has 0 aliphatic rings. The Morgan fingerprint density at radius 3 is 1.30 bits per heavy atom. The summed E-state index contributed by atoms with van der Waals surface area (Å²) in [5, 5.41) is 0. The number of rotatable bonds is 7. The molecule has 0 saturated heterocycles. The van der Waals surface area contributed by atoms with E-state index in [1.54, 1.807) is 38.6 Å². The zero-order valence-electron chi connectivity index (χ0n) is 18.5. The van der Waals surface area contributed by atoms with Crippen LogP contribution in [0.3, 0.4) is 0 Å². The fourth-order valence-corrected chi connectivity index (χ4v) is 2.00. The molecule has 30 heavy (non-hydrogen) atoms. The Morgan fingerprint density at radius 2 is 1.13 bits per heavy atom. The molecule has 0 saturated carbocycles. The minimum atomic E-state index is 0. The third kappa shape index (κ3) is 22.4. The van der Waals surface area contributed by atoms with Gasteiger partial charge in [0.05, 0.1) is 13.1 Å². The molecule has 0 amide bonds. The van der Waals surface area contributed by atoms with Crippen LogP contribution < -0.4 is 17.0 Å². The van der Waals surface area contributed by atoms with Gasteiger partial charge in [-0.05, 0) is 41.5 Å². The molecular formula is C20H32BrCoN6O2-. The minimum Gasteiger partial charge on any atom is -1.00 e. The zero-order chi connectivity index (χ0) is 21.4. The molecule has 10 heteroatoms. The van der Waals surface area contributed by atoms with Crippen LogP contribution in [0, 0.1) is 13.8 Å². The van der Waals surface area contributed by atoms with Crippen LogP contribution in [-0.2, 0) is 26.4 Å². The third-order valence-corrected chi connectivity index (χ3v) is 3.14. The first-order valence-electron chi connectivity index (χ1n) is 9.11. The van der Waals surface area contributed by atoms with Crippen LogP contribution in [0.4, 0.5) is 0 Å². The summed E-state index contributed by atoms with van der Waals surface area (Å²) in [6, 6.07) is 0. The number of Topliss-reactive ketones (excluding diaryl/α,β-unsaturated/α-hetero) is 2. The van der Waals surface area contributed by atoms with Crippen molar-refractivity contribution in [3.63, 3.8) is 0 Å². The van der Waals surface area contributed by atoms with E-state index in [0.717, 1.165) is 23.1 Å². The SMILES string of the molecule is CC(=O)CC(C)=NCCN=C(C)CC(C)=O.Cc1ncc[nH]1.Cc1ncc[nH]1.[Br-].[Co]. The van der Waals surface area contributed by atoms with E-state index >= 15 is 0 Å². The van der Waals surface area contributed by atoms with E-state index in [1.807, 2.05) is 27.7 Å². The van der Waals surface area contributed by atoms with Crippen molar-refractivity contribution in [1.82, 2.24) is 19.9 Å². The molecule has 0 fully saturated rings. The van der Waals surface area contributed by atoms with Crippen molar-refractivity contribution in [2.24, 2.45) is 9.98 Å². The average molecular weight is 527 g/mol.